The van der Waals surface area contributed by atoms with E-state index in [1.807, 2.05) is 0 Å². The lowest BCUT2D eigenvalue weighted by atomic mass is 10.1. The standard InChI is InChI=1S/C8H11IN2OS/c9-8-11-10-7(13-8)4-3-6-2-1-5-12-6/h6H,1-5H2. The molecule has 0 N–H and O–H groups in total. The van der Waals surface area contributed by atoms with Crippen molar-refractivity contribution in [3.05, 3.63) is 8.02 Å². The van der Waals surface area contributed by atoms with Crippen LogP contribution in [0.15, 0.2) is 0 Å². The van der Waals surface area contributed by atoms with Gasteiger partial charge in [-0.25, -0.2) is 0 Å². The number of ether oxygens (including phenoxy) is 1. The fourth-order valence-corrected chi connectivity index (χ4v) is 2.94. The highest BCUT2D eigenvalue weighted by molar-refractivity contribution is 14.1. The summed E-state index contributed by atoms with van der Waals surface area (Å²) in [7, 11) is 0. The summed E-state index contributed by atoms with van der Waals surface area (Å²) < 4.78 is 6.56. The van der Waals surface area contributed by atoms with Gasteiger partial charge >= 0.3 is 0 Å². The lowest BCUT2D eigenvalue weighted by Gasteiger charge is -2.05. The van der Waals surface area contributed by atoms with Crippen LogP contribution in [0.1, 0.15) is 24.3 Å². The van der Waals surface area contributed by atoms with Crippen LogP contribution in [0.25, 0.3) is 0 Å². The molecule has 0 saturated carbocycles. The molecule has 1 atom stereocenters. The Morgan fingerprint density at radius 2 is 2.46 bits per heavy atom. The van der Waals surface area contributed by atoms with Crippen LogP contribution in [-0.2, 0) is 11.2 Å². The van der Waals surface area contributed by atoms with Crippen LogP contribution >= 0.6 is 33.9 Å². The van der Waals surface area contributed by atoms with Crippen LogP contribution in [0.5, 0.6) is 0 Å². The van der Waals surface area contributed by atoms with E-state index in [-0.39, 0.29) is 0 Å². The van der Waals surface area contributed by atoms with Gasteiger partial charge in [0.05, 0.1) is 6.10 Å². The molecule has 0 aliphatic carbocycles. The summed E-state index contributed by atoms with van der Waals surface area (Å²) in [5.74, 6) is 0. The van der Waals surface area contributed by atoms with Gasteiger partial charge in [0.15, 0.2) is 3.01 Å². The van der Waals surface area contributed by atoms with E-state index in [2.05, 4.69) is 32.8 Å². The van der Waals surface area contributed by atoms with E-state index in [9.17, 15) is 0 Å². The van der Waals surface area contributed by atoms with E-state index in [0.717, 1.165) is 27.5 Å². The highest BCUT2D eigenvalue weighted by Gasteiger charge is 2.15. The third kappa shape index (κ3) is 2.85. The van der Waals surface area contributed by atoms with Crippen molar-refractivity contribution in [2.45, 2.75) is 31.8 Å². The van der Waals surface area contributed by atoms with Crippen molar-refractivity contribution in [2.24, 2.45) is 0 Å². The second-order valence-electron chi connectivity index (χ2n) is 3.12. The highest BCUT2D eigenvalue weighted by atomic mass is 127. The van der Waals surface area contributed by atoms with Crippen molar-refractivity contribution in [1.82, 2.24) is 10.2 Å². The van der Waals surface area contributed by atoms with Crippen LogP contribution in [0.3, 0.4) is 0 Å². The van der Waals surface area contributed by atoms with Gasteiger partial charge in [-0.1, -0.05) is 11.3 Å². The molecule has 1 fully saturated rings. The molecular weight excluding hydrogens is 299 g/mol. The fraction of sp³-hybridized carbons (Fsp3) is 0.750. The van der Waals surface area contributed by atoms with Crippen LogP contribution < -0.4 is 0 Å². The Balaban J connectivity index is 1.78. The quantitative estimate of drug-likeness (QED) is 0.803. The Morgan fingerprint density at radius 3 is 3.08 bits per heavy atom. The summed E-state index contributed by atoms with van der Waals surface area (Å²) >= 11 is 3.88. The molecule has 0 amide bonds. The fourth-order valence-electron chi connectivity index (χ4n) is 1.49. The maximum atomic E-state index is 5.54. The molecule has 72 valence electrons. The Morgan fingerprint density at radius 1 is 1.54 bits per heavy atom. The molecular formula is C8H11IN2OS. The molecule has 2 heterocycles. The Bertz CT molecular complexity index is 273. The second kappa shape index (κ2) is 4.65. The van der Waals surface area contributed by atoms with E-state index < -0.39 is 0 Å². The minimum absolute atomic E-state index is 0.474. The van der Waals surface area contributed by atoms with Gasteiger partial charge < -0.3 is 4.74 Å². The molecule has 1 aromatic rings. The minimum atomic E-state index is 0.474. The third-order valence-electron chi connectivity index (χ3n) is 2.15. The van der Waals surface area contributed by atoms with Crippen LogP contribution in [0.4, 0.5) is 0 Å². The first-order valence-electron chi connectivity index (χ1n) is 4.44. The maximum Gasteiger partial charge on any atom is 0.178 e. The highest BCUT2D eigenvalue weighted by Crippen LogP contribution is 2.19. The largest absolute Gasteiger partial charge is 0.378 e. The van der Waals surface area contributed by atoms with Crippen molar-refractivity contribution in [3.63, 3.8) is 0 Å². The molecule has 2 rings (SSSR count). The summed E-state index contributed by atoms with van der Waals surface area (Å²) in [6.45, 7) is 0.943. The van der Waals surface area contributed by atoms with Crippen molar-refractivity contribution >= 4 is 33.9 Å². The number of aryl methyl sites for hydroxylation is 1. The van der Waals surface area contributed by atoms with Crippen molar-refractivity contribution in [3.8, 4) is 0 Å². The molecule has 1 aliphatic heterocycles. The van der Waals surface area contributed by atoms with E-state index in [4.69, 9.17) is 4.74 Å². The van der Waals surface area contributed by atoms with Crippen molar-refractivity contribution in [1.29, 1.82) is 0 Å². The van der Waals surface area contributed by atoms with Crippen molar-refractivity contribution in [2.75, 3.05) is 6.61 Å². The summed E-state index contributed by atoms with van der Waals surface area (Å²) in [4.78, 5) is 0. The van der Waals surface area contributed by atoms with Gasteiger partial charge in [0.2, 0.25) is 0 Å². The Hall–Kier alpha value is 0.250. The first kappa shape index (κ1) is 9.79. The Labute approximate surface area is 95.0 Å². The zero-order valence-corrected chi connectivity index (χ0v) is 10.2. The van der Waals surface area contributed by atoms with Gasteiger partial charge in [-0.2, -0.15) is 0 Å². The summed E-state index contributed by atoms with van der Waals surface area (Å²) in [5.41, 5.74) is 0. The SMILES string of the molecule is Ic1nnc(CCC2CCCO2)s1. The first-order valence-corrected chi connectivity index (χ1v) is 6.33. The number of halogens is 1. The zero-order valence-electron chi connectivity index (χ0n) is 7.20. The minimum Gasteiger partial charge on any atom is -0.378 e. The topological polar surface area (TPSA) is 35.0 Å². The molecule has 1 aromatic heterocycles. The van der Waals surface area contributed by atoms with Gasteiger partial charge in [-0.3, -0.25) is 0 Å². The number of nitrogens with zero attached hydrogens (tertiary/aromatic N) is 2. The predicted octanol–water partition coefficient (Wildman–Crippen LogP) is 2.25. The maximum absolute atomic E-state index is 5.54. The summed E-state index contributed by atoms with van der Waals surface area (Å²) in [6.07, 6.45) is 5.03. The van der Waals surface area contributed by atoms with E-state index in [0.29, 0.717) is 6.10 Å². The first-order chi connectivity index (χ1) is 6.34. The molecule has 1 unspecified atom stereocenters. The average molecular weight is 310 g/mol. The molecule has 0 radical (unpaired) electrons. The van der Waals surface area contributed by atoms with E-state index in [1.165, 1.54) is 12.8 Å². The van der Waals surface area contributed by atoms with Gasteiger partial charge in [0.1, 0.15) is 5.01 Å². The lowest BCUT2D eigenvalue weighted by Crippen LogP contribution is -2.05. The van der Waals surface area contributed by atoms with E-state index in [1.54, 1.807) is 11.3 Å². The average Bonchev–Trinajstić information content (AvgIpc) is 2.71. The molecule has 0 spiro atoms. The van der Waals surface area contributed by atoms with E-state index >= 15 is 0 Å². The molecule has 13 heavy (non-hydrogen) atoms. The van der Waals surface area contributed by atoms with Crippen LogP contribution in [0, 0.1) is 3.01 Å². The summed E-state index contributed by atoms with van der Waals surface area (Å²) in [6, 6.07) is 0. The monoisotopic (exact) mass is 310 g/mol. The number of hydrogen-bond acceptors (Lipinski definition) is 4. The molecule has 1 aliphatic rings. The molecule has 5 heteroatoms. The van der Waals surface area contributed by atoms with Gasteiger partial charge in [0.25, 0.3) is 0 Å². The van der Waals surface area contributed by atoms with Gasteiger partial charge in [-0.05, 0) is 41.9 Å². The number of hydrogen-bond donors (Lipinski definition) is 0. The lowest BCUT2D eigenvalue weighted by molar-refractivity contribution is 0.104. The predicted molar refractivity (Wildman–Crippen MR) is 59.9 cm³/mol. The second-order valence-corrected chi connectivity index (χ2v) is 5.94. The molecule has 0 bridgehead atoms. The summed E-state index contributed by atoms with van der Waals surface area (Å²) in [5, 5.41) is 9.20. The third-order valence-corrected chi connectivity index (χ3v) is 3.79. The molecule has 1 saturated heterocycles. The van der Waals surface area contributed by atoms with Gasteiger partial charge in [-0.15, -0.1) is 10.2 Å². The van der Waals surface area contributed by atoms with Crippen molar-refractivity contribution < 1.29 is 4.74 Å². The number of aromatic nitrogens is 2. The normalized spacial score (nSPS) is 22.4. The molecule has 3 nitrogen and oxygen atoms in total. The van der Waals surface area contributed by atoms with Gasteiger partial charge in [0, 0.05) is 13.0 Å². The Kier molecular flexibility index (Phi) is 3.51. The smallest absolute Gasteiger partial charge is 0.178 e. The van der Waals surface area contributed by atoms with Crippen LogP contribution in [0.2, 0.25) is 0 Å². The zero-order chi connectivity index (χ0) is 9.10. The van der Waals surface area contributed by atoms with Crippen LogP contribution in [-0.4, -0.2) is 22.9 Å². The number of rotatable bonds is 3. The molecule has 0 aromatic carbocycles.